The normalized spacial score (nSPS) is 10.7. The van der Waals surface area contributed by atoms with Gasteiger partial charge in [0.05, 0.1) is 18.0 Å². The molecule has 0 aliphatic rings. The Morgan fingerprint density at radius 3 is 2.35 bits per heavy atom. The zero-order valence-corrected chi connectivity index (χ0v) is 13.4. The standard InChI is InChI=1S/C17H16FNO3S/c1-2-22-16-9-11-17(12-10-16)23(20,21)19-13-3-4-14-5-7-15(18)8-6-14/h5-12,19H,2,13H2,1H3. The monoisotopic (exact) mass is 333 g/mol. The van der Waals surface area contributed by atoms with Gasteiger partial charge in [0, 0.05) is 5.56 Å². The lowest BCUT2D eigenvalue weighted by atomic mass is 10.2. The van der Waals surface area contributed by atoms with Crippen LogP contribution in [0.1, 0.15) is 12.5 Å². The van der Waals surface area contributed by atoms with Crippen molar-refractivity contribution in [3.8, 4) is 17.6 Å². The second-order valence-electron chi connectivity index (χ2n) is 4.54. The van der Waals surface area contributed by atoms with Crippen LogP contribution in [0.2, 0.25) is 0 Å². The van der Waals surface area contributed by atoms with Crippen LogP contribution in [-0.4, -0.2) is 21.6 Å². The van der Waals surface area contributed by atoms with E-state index in [2.05, 4.69) is 16.6 Å². The van der Waals surface area contributed by atoms with Crippen molar-refractivity contribution >= 4 is 10.0 Å². The number of halogens is 1. The molecule has 4 nitrogen and oxygen atoms in total. The van der Waals surface area contributed by atoms with Gasteiger partial charge in [0.1, 0.15) is 11.6 Å². The van der Waals surface area contributed by atoms with Gasteiger partial charge in [0.25, 0.3) is 0 Å². The fourth-order valence-corrected chi connectivity index (χ4v) is 2.70. The van der Waals surface area contributed by atoms with E-state index >= 15 is 0 Å². The first-order valence-corrected chi connectivity index (χ1v) is 8.46. The molecule has 2 aromatic carbocycles. The molecular formula is C17H16FNO3S. The van der Waals surface area contributed by atoms with Crippen molar-refractivity contribution in [2.45, 2.75) is 11.8 Å². The van der Waals surface area contributed by atoms with Crippen molar-refractivity contribution in [1.29, 1.82) is 0 Å². The van der Waals surface area contributed by atoms with E-state index in [0.29, 0.717) is 17.9 Å². The summed E-state index contributed by atoms with van der Waals surface area (Å²) in [5.74, 6) is 5.72. The molecule has 0 heterocycles. The molecule has 0 bridgehead atoms. The number of hydrogen-bond donors (Lipinski definition) is 1. The van der Waals surface area contributed by atoms with Crippen molar-refractivity contribution in [2.24, 2.45) is 0 Å². The van der Waals surface area contributed by atoms with E-state index in [-0.39, 0.29) is 17.3 Å². The second kappa shape index (κ2) is 7.77. The fourth-order valence-electron chi connectivity index (χ4n) is 1.78. The van der Waals surface area contributed by atoms with Crippen molar-refractivity contribution in [1.82, 2.24) is 4.72 Å². The Hall–Kier alpha value is -2.36. The van der Waals surface area contributed by atoms with Gasteiger partial charge in [0.15, 0.2) is 0 Å². The maximum Gasteiger partial charge on any atom is 0.241 e. The highest BCUT2D eigenvalue weighted by molar-refractivity contribution is 7.89. The third-order valence-corrected chi connectivity index (χ3v) is 4.29. The summed E-state index contributed by atoms with van der Waals surface area (Å²) in [7, 11) is -3.62. The van der Waals surface area contributed by atoms with E-state index in [9.17, 15) is 12.8 Å². The van der Waals surface area contributed by atoms with Gasteiger partial charge in [-0.1, -0.05) is 11.8 Å². The highest BCUT2D eigenvalue weighted by Crippen LogP contribution is 2.15. The molecule has 0 amide bonds. The number of sulfonamides is 1. The predicted molar refractivity (Wildman–Crippen MR) is 86.1 cm³/mol. The number of hydrogen-bond acceptors (Lipinski definition) is 3. The molecule has 0 aliphatic heterocycles. The van der Waals surface area contributed by atoms with Gasteiger partial charge >= 0.3 is 0 Å². The molecule has 0 aliphatic carbocycles. The zero-order chi connectivity index (χ0) is 16.7. The third-order valence-electron chi connectivity index (χ3n) is 2.87. The summed E-state index contributed by atoms with van der Waals surface area (Å²) < 4.78 is 44.6. The van der Waals surface area contributed by atoms with Gasteiger partial charge in [-0.15, -0.1) is 0 Å². The summed E-state index contributed by atoms with van der Waals surface area (Å²) in [4.78, 5) is 0.143. The third kappa shape index (κ3) is 5.09. The predicted octanol–water partition coefficient (Wildman–Crippen LogP) is 2.55. The summed E-state index contributed by atoms with van der Waals surface area (Å²) in [6, 6.07) is 11.8. The Labute approximate surface area is 135 Å². The Kier molecular flexibility index (Phi) is 5.74. The van der Waals surface area contributed by atoms with Gasteiger partial charge in [-0.2, -0.15) is 4.72 Å². The van der Waals surface area contributed by atoms with Crippen LogP contribution in [0.3, 0.4) is 0 Å². The van der Waals surface area contributed by atoms with Gasteiger partial charge in [0.2, 0.25) is 10.0 Å². The molecule has 0 unspecified atom stereocenters. The lowest BCUT2D eigenvalue weighted by molar-refractivity contribution is 0.340. The highest BCUT2D eigenvalue weighted by atomic mass is 32.2. The maximum absolute atomic E-state index is 12.7. The maximum atomic E-state index is 12.7. The molecule has 120 valence electrons. The van der Waals surface area contributed by atoms with Crippen LogP contribution in [0.15, 0.2) is 53.4 Å². The number of ether oxygens (including phenoxy) is 1. The number of nitrogens with one attached hydrogen (secondary N) is 1. The first-order chi connectivity index (χ1) is 11.0. The van der Waals surface area contributed by atoms with Gasteiger partial charge in [-0.05, 0) is 55.5 Å². The molecule has 0 radical (unpaired) electrons. The first-order valence-electron chi connectivity index (χ1n) is 6.98. The second-order valence-corrected chi connectivity index (χ2v) is 6.30. The molecule has 1 N–H and O–H groups in total. The molecule has 0 saturated carbocycles. The molecular weight excluding hydrogens is 317 g/mol. The molecule has 0 atom stereocenters. The summed E-state index contributed by atoms with van der Waals surface area (Å²) in [5.41, 5.74) is 0.617. The minimum absolute atomic E-state index is 0.0348. The van der Waals surface area contributed by atoms with E-state index < -0.39 is 10.0 Å². The average Bonchev–Trinajstić information content (AvgIpc) is 2.54. The van der Waals surface area contributed by atoms with Crippen LogP contribution in [0, 0.1) is 17.7 Å². The summed E-state index contributed by atoms with van der Waals surface area (Å²) >= 11 is 0. The van der Waals surface area contributed by atoms with E-state index in [1.807, 2.05) is 6.92 Å². The lowest BCUT2D eigenvalue weighted by Gasteiger charge is -2.06. The quantitative estimate of drug-likeness (QED) is 0.856. The minimum atomic E-state index is -3.62. The Morgan fingerprint density at radius 2 is 1.74 bits per heavy atom. The SMILES string of the molecule is CCOc1ccc(S(=O)(=O)NCC#Cc2ccc(F)cc2)cc1. The summed E-state index contributed by atoms with van der Waals surface area (Å²) in [5, 5.41) is 0. The molecule has 0 fully saturated rings. The van der Waals surface area contributed by atoms with Crippen LogP contribution in [-0.2, 0) is 10.0 Å². The molecule has 23 heavy (non-hydrogen) atoms. The highest BCUT2D eigenvalue weighted by Gasteiger charge is 2.12. The average molecular weight is 333 g/mol. The number of rotatable bonds is 5. The largest absolute Gasteiger partial charge is 0.494 e. The smallest absolute Gasteiger partial charge is 0.241 e. The van der Waals surface area contributed by atoms with Gasteiger partial charge < -0.3 is 4.74 Å². The fraction of sp³-hybridized carbons (Fsp3) is 0.176. The molecule has 0 aromatic heterocycles. The lowest BCUT2D eigenvalue weighted by Crippen LogP contribution is -2.23. The first kappa shape index (κ1) is 17.0. The number of benzene rings is 2. The van der Waals surface area contributed by atoms with E-state index in [4.69, 9.17) is 4.74 Å². The van der Waals surface area contributed by atoms with Crippen molar-refractivity contribution in [2.75, 3.05) is 13.2 Å². The summed E-state index contributed by atoms with van der Waals surface area (Å²) in [6.07, 6.45) is 0. The Morgan fingerprint density at radius 1 is 1.09 bits per heavy atom. The van der Waals surface area contributed by atoms with Crippen LogP contribution in [0.5, 0.6) is 5.75 Å². The van der Waals surface area contributed by atoms with E-state index in [0.717, 1.165) is 0 Å². The Balaban J connectivity index is 1.97. The topological polar surface area (TPSA) is 55.4 Å². The molecule has 2 aromatic rings. The van der Waals surface area contributed by atoms with Gasteiger partial charge in [-0.3, -0.25) is 0 Å². The molecule has 0 spiro atoms. The van der Waals surface area contributed by atoms with E-state index in [1.54, 1.807) is 12.1 Å². The van der Waals surface area contributed by atoms with Crippen LogP contribution >= 0.6 is 0 Å². The van der Waals surface area contributed by atoms with Crippen molar-refractivity contribution in [3.05, 3.63) is 59.9 Å². The minimum Gasteiger partial charge on any atom is -0.494 e. The molecule has 6 heteroatoms. The van der Waals surface area contributed by atoms with Crippen molar-refractivity contribution < 1.29 is 17.5 Å². The molecule has 2 rings (SSSR count). The van der Waals surface area contributed by atoms with E-state index in [1.165, 1.54) is 36.4 Å². The van der Waals surface area contributed by atoms with Gasteiger partial charge in [-0.25, -0.2) is 12.8 Å². The van der Waals surface area contributed by atoms with Crippen LogP contribution < -0.4 is 9.46 Å². The van der Waals surface area contributed by atoms with Crippen LogP contribution in [0.25, 0.3) is 0 Å². The Bertz CT molecular complexity index is 804. The summed E-state index contributed by atoms with van der Waals surface area (Å²) in [6.45, 7) is 2.34. The zero-order valence-electron chi connectivity index (χ0n) is 12.5. The molecule has 0 saturated heterocycles. The van der Waals surface area contributed by atoms with Crippen LogP contribution in [0.4, 0.5) is 4.39 Å². The van der Waals surface area contributed by atoms with Crippen molar-refractivity contribution in [3.63, 3.8) is 0 Å².